The molecule has 1 aromatic rings. The number of benzene rings is 1. The van der Waals surface area contributed by atoms with Crippen LogP contribution in [0.15, 0.2) is 24.3 Å². The van der Waals surface area contributed by atoms with Crippen molar-refractivity contribution in [3.05, 3.63) is 35.6 Å². The molecule has 1 nitrogen and oxygen atoms in total. The Bertz CT molecular complexity index is 353. The third-order valence-electron chi connectivity index (χ3n) is 3.10. The monoisotopic (exact) mass is 380 g/mol. The lowest BCUT2D eigenvalue weighted by Gasteiger charge is -2.31. The number of hydrogen-bond donors (Lipinski definition) is 0. The highest BCUT2D eigenvalue weighted by molar-refractivity contribution is 9.09. The molecule has 18 heavy (non-hydrogen) atoms. The number of halogens is 3. The molecule has 1 rings (SSSR count). The summed E-state index contributed by atoms with van der Waals surface area (Å²) in [6.45, 7) is 3.45. The second kappa shape index (κ2) is 8.28. The Morgan fingerprint density at radius 3 is 2.44 bits per heavy atom. The fourth-order valence-corrected chi connectivity index (χ4v) is 4.09. The summed E-state index contributed by atoms with van der Waals surface area (Å²) < 4.78 is 19.3. The van der Waals surface area contributed by atoms with Crippen LogP contribution in [-0.4, -0.2) is 23.9 Å². The summed E-state index contributed by atoms with van der Waals surface area (Å²) in [6.07, 6.45) is 1.82. The van der Waals surface area contributed by atoms with Crippen molar-refractivity contribution < 1.29 is 9.13 Å². The van der Waals surface area contributed by atoms with Gasteiger partial charge in [0.25, 0.3) is 0 Å². The van der Waals surface area contributed by atoms with Crippen molar-refractivity contribution in [1.82, 2.24) is 0 Å². The van der Waals surface area contributed by atoms with Gasteiger partial charge in [-0.15, -0.1) is 0 Å². The lowest BCUT2D eigenvalue weighted by molar-refractivity contribution is 0.139. The number of alkyl halides is 2. The largest absolute Gasteiger partial charge is 0.382 e. The van der Waals surface area contributed by atoms with E-state index in [1.54, 1.807) is 6.07 Å². The van der Waals surface area contributed by atoms with Crippen LogP contribution < -0.4 is 0 Å². The van der Waals surface area contributed by atoms with Crippen LogP contribution in [0, 0.1) is 5.82 Å². The van der Waals surface area contributed by atoms with Crippen molar-refractivity contribution in [3.8, 4) is 0 Å². The van der Waals surface area contributed by atoms with E-state index in [9.17, 15) is 4.39 Å². The molecule has 0 aliphatic rings. The summed E-state index contributed by atoms with van der Waals surface area (Å²) in [4.78, 5) is 0. The number of rotatable bonds is 8. The van der Waals surface area contributed by atoms with Gasteiger partial charge in [0.05, 0.1) is 0 Å². The van der Waals surface area contributed by atoms with Gasteiger partial charge < -0.3 is 4.74 Å². The third kappa shape index (κ3) is 4.04. The Balaban J connectivity index is 2.83. The molecular formula is C14H19Br2FO. The van der Waals surface area contributed by atoms with Gasteiger partial charge in [-0.05, 0) is 31.4 Å². The summed E-state index contributed by atoms with van der Waals surface area (Å²) in [5, 5.41) is 1.47. The molecular weight excluding hydrogens is 363 g/mol. The zero-order valence-corrected chi connectivity index (χ0v) is 13.8. The van der Waals surface area contributed by atoms with Crippen molar-refractivity contribution in [2.45, 2.75) is 25.2 Å². The first-order valence-electron chi connectivity index (χ1n) is 6.15. The van der Waals surface area contributed by atoms with Gasteiger partial charge in [0, 0.05) is 29.3 Å². The molecule has 0 saturated carbocycles. The van der Waals surface area contributed by atoms with E-state index in [1.165, 1.54) is 6.07 Å². The zero-order chi connectivity index (χ0) is 13.4. The van der Waals surface area contributed by atoms with Gasteiger partial charge in [-0.2, -0.15) is 0 Å². The van der Waals surface area contributed by atoms with Crippen LogP contribution >= 0.6 is 31.9 Å². The van der Waals surface area contributed by atoms with E-state index < -0.39 is 0 Å². The predicted octanol–water partition coefficient (Wildman–Crippen LogP) is 4.67. The molecule has 0 atom stereocenters. The average Bonchev–Trinajstić information content (AvgIpc) is 2.41. The fraction of sp³-hybridized carbons (Fsp3) is 0.571. The molecule has 4 heteroatoms. The van der Waals surface area contributed by atoms with E-state index in [0.717, 1.165) is 42.3 Å². The number of ether oxygens (including phenoxy) is 1. The topological polar surface area (TPSA) is 9.23 Å². The SMILES string of the molecule is CCOCCCC(CBr)(CBr)c1ccccc1F. The molecule has 0 bridgehead atoms. The quantitative estimate of drug-likeness (QED) is 0.469. The van der Waals surface area contributed by atoms with Crippen LogP contribution in [0.4, 0.5) is 4.39 Å². The Hall–Kier alpha value is 0.0700. The first kappa shape index (κ1) is 16.1. The van der Waals surface area contributed by atoms with E-state index >= 15 is 0 Å². The van der Waals surface area contributed by atoms with Crippen molar-refractivity contribution in [1.29, 1.82) is 0 Å². The lowest BCUT2D eigenvalue weighted by Crippen LogP contribution is -2.31. The standard InChI is InChI=1S/C14H19Br2FO/c1-2-18-9-5-8-14(10-15,11-16)12-6-3-4-7-13(12)17/h3-4,6-7H,2,5,8-11H2,1H3. The van der Waals surface area contributed by atoms with Gasteiger partial charge in [-0.1, -0.05) is 50.1 Å². The normalized spacial score (nSPS) is 11.8. The maximum atomic E-state index is 14.0. The molecule has 0 aliphatic carbocycles. The minimum Gasteiger partial charge on any atom is -0.382 e. The van der Waals surface area contributed by atoms with E-state index in [4.69, 9.17) is 4.74 Å². The minimum absolute atomic E-state index is 0.132. The van der Waals surface area contributed by atoms with E-state index in [2.05, 4.69) is 31.9 Å². The molecule has 0 radical (unpaired) electrons. The van der Waals surface area contributed by atoms with Crippen LogP contribution in [0.2, 0.25) is 0 Å². The summed E-state index contributed by atoms with van der Waals surface area (Å²) in [5.74, 6) is -0.132. The Labute approximate surface area is 125 Å². The summed E-state index contributed by atoms with van der Waals surface area (Å²) in [6, 6.07) is 7.02. The molecule has 0 unspecified atom stereocenters. The maximum Gasteiger partial charge on any atom is 0.127 e. The highest BCUT2D eigenvalue weighted by Crippen LogP contribution is 2.35. The van der Waals surface area contributed by atoms with Gasteiger partial charge in [0.1, 0.15) is 5.82 Å². The summed E-state index contributed by atoms with van der Waals surface area (Å²) in [5.41, 5.74) is 0.567. The molecule has 0 saturated heterocycles. The van der Waals surface area contributed by atoms with Crippen molar-refractivity contribution in [2.75, 3.05) is 23.9 Å². The van der Waals surface area contributed by atoms with Crippen molar-refractivity contribution in [3.63, 3.8) is 0 Å². The fourth-order valence-electron chi connectivity index (χ4n) is 2.00. The van der Waals surface area contributed by atoms with Gasteiger partial charge >= 0.3 is 0 Å². The second-order valence-corrected chi connectivity index (χ2v) is 5.45. The predicted molar refractivity (Wildman–Crippen MR) is 81.4 cm³/mol. The van der Waals surface area contributed by atoms with E-state index in [0.29, 0.717) is 0 Å². The second-order valence-electron chi connectivity index (χ2n) is 4.33. The molecule has 102 valence electrons. The van der Waals surface area contributed by atoms with Gasteiger partial charge in [0.15, 0.2) is 0 Å². The van der Waals surface area contributed by atoms with Crippen LogP contribution in [0.5, 0.6) is 0 Å². The van der Waals surface area contributed by atoms with Gasteiger partial charge in [0.2, 0.25) is 0 Å². The Morgan fingerprint density at radius 1 is 1.22 bits per heavy atom. The van der Waals surface area contributed by atoms with Gasteiger partial charge in [-0.25, -0.2) is 4.39 Å². The van der Waals surface area contributed by atoms with E-state index in [-0.39, 0.29) is 11.2 Å². The highest BCUT2D eigenvalue weighted by Gasteiger charge is 2.32. The molecule has 1 aromatic carbocycles. The lowest BCUT2D eigenvalue weighted by atomic mass is 9.80. The van der Waals surface area contributed by atoms with Crippen LogP contribution in [0.3, 0.4) is 0 Å². The number of hydrogen-bond acceptors (Lipinski definition) is 1. The summed E-state index contributed by atoms with van der Waals surface area (Å²) in [7, 11) is 0. The molecule has 0 N–H and O–H groups in total. The molecule has 0 amide bonds. The minimum atomic E-state index is -0.206. The third-order valence-corrected chi connectivity index (χ3v) is 5.25. The molecule has 0 aliphatic heterocycles. The highest BCUT2D eigenvalue weighted by atomic mass is 79.9. The van der Waals surface area contributed by atoms with Crippen LogP contribution in [0.1, 0.15) is 25.3 Å². The molecule has 0 aromatic heterocycles. The Morgan fingerprint density at radius 2 is 1.89 bits per heavy atom. The van der Waals surface area contributed by atoms with Crippen molar-refractivity contribution in [2.24, 2.45) is 0 Å². The smallest absolute Gasteiger partial charge is 0.127 e. The van der Waals surface area contributed by atoms with Crippen LogP contribution in [0.25, 0.3) is 0 Å². The molecule has 0 fully saturated rings. The first-order chi connectivity index (χ1) is 8.70. The molecule has 0 heterocycles. The van der Waals surface area contributed by atoms with E-state index in [1.807, 2.05) is 19.1 Å². The van der Waals surface area contributed by atoms with Crippen LogP contribution in [-0.2, 0) is 10.2 Å². The van der Waals surface area contributed by atoms with Crippen molar-refractivity contribution >= 4 is 31.9 Å². The summed E-state index contributed by atoms with van der Waals surface area (Å²) >= 11 is 7.07. The Kier molecular flexibility index (Phi) is 7.42. The average molecular weight is 382 g/mol. The first-order valence-corrected chi connectivity index (χ1v) is 8.39. The molecule has 0 spiro atoms. The maximum absolute atomic E-state index is 14.0. The van der Waals surface area contributed by atoms with Gasteiger partial charge in [-0.3, -0.25) is 0 Å². The zero-order valence-electron chi connectivity index (χ0n) is 10.6.